The highest BCUT2D eigenvalue weighted by Gasteiger charge is 2.42. The highest BCUT2D eigenvalue weighted by atomic mass is 35.5. The van der Waals surface area contributed by atoms with Crippen LogP contribution < -0.4 is 16.4 Å². The van der Waals surface area contributed by atoms with Gasteiger partial charge in [-0.1, -0.05) is 18.0 Å². The number of ether oxygens (including phenoxy) is 1. The molecule has 0 aromatic heterocycles. The lowest BCUT2D eigenvalue weighted by Gasteiger charge is -2.45. The first-order valence-corrected chi connectivity index (χ1v) is 8.22. The number of aliphatic imine (C=N–C) groups is 2. The number of nitrogens with two attached hydrogens (primary N) is 2. The normalized spacial score (nSPS) is 19.7. The van der Waals surface area contributed by atoms with Gasteiger partial charge in [0.1, 0.15) is 5.66 Å². The molecule has 2 aliphatic rings. The second kappa shape index (κ2) is 6.32. The lowest BCUT2D eigenvalue weighted by molar-refractivity contribution is 0.0601. The monoisotopic (exact) mass is 349 g/mol. The fourth-order valence-electron chi connectivity index (χ4n) is 3.41. The predicted molar refractivity (Wildman–Crippen MR) is 94.3 cm³/mol. The van der Waals surface area contributed by atoms with Crippen molar-refractivity contribution in [3.63, 3.8) is 0 Å². The molecule has 0 unspecified atom stereocenters. The van der Waals surface area contributed by atoms with Crippen molar-refractivity contribution in [3.05, 3.63) is 28.8 Å². The zero-order valence-electron chi connectivity index (χ0n) is 13.5. The number of hydrogen-bond donors (Lipinski definition) is 2. The number of rotatable bonds is 2. The minimum atomic E-state index is -0.560. The van der Waals surface area contributed by atoms with E-state index in [0.717, 1.165) is 32.1 Å². The van der Waals surface area contributed by atoms with Crippen molar-refractivity contribution < 1.29 is 9.53 Å². The molecule has 0 bridgehead atoms. The Bertz CT molecular complexity index is 725. The van der Waals surface area contributed by atoms with E-state index in [-0.39, 0.29) is 17.5 Å². The lowest BCUT2D eigenvalue weighted by atomic mass is 9.87. The van der Waals surface area contributed by atoms with Crippen LogP contribution in [0.25, 0.3) is 0 Å². The molecule has 1 aliphatic heterocycles. The molecule has 1 fully saturated rings. The van der Waals surface area contributed by atoms with Crippen LogP contribution in [0.4, 0.5) is 5.69 Å². The molecule has 8 heteroatoms. The first-order valence-electron chi connectivity index (χ1n) is 7.84. The van der Waals surface area contributed by atoms with Gasteiger partial charge < -0.3 is 16.2 Å². The van der Waals surface area contributed by atoms with Crippen molar-refractivity contribution in [2.45, 2.75) is 37.8 Å². The third kappa shape index (κ3) is 2.80. The molecule has 1 saturated carbocycles. The zero-order chi connectivity index (χ0) is 17.3. The van der Waals surface area contributed by atoms with Gasteiger partial charge in [0.15, 0.2) is 0 Å². The van der Waals surface area contributed by atoms with Gasteiger partial charge in [-0.05, 0) is 43.9 Å². The van der Waals surface area contributed by atoms with Gasteiger partial charge in [-0.2, -0.15) is 4.99 Å². The van der Waals surface area contributed by atoms with Gasteiger partial charge >= 0.3 is 5.97 Å². The number of guanidine groups is 2. The average Bonchev–Trinajstić information content (AvgIpc) is 2.55. The summed E-state index contributed by atoms with van der Waals surface area (Å²) in [6.07, 6.45) is 4.84. The van der Waals surface area contributed by atoms with Crippen molar-refractivity contribution in [1.82, 2.24) is 0 Å². The zero-order valence-corrected chi connectivity index (χ0v) is 14.2. The van der Waals surface area contributed by atoms with Crippen molar-refractivity contribution in [3.8, 4) is 0 Å². The van der Waals surface area contributed by atoms with Crippen molar-refractivity contribution in [1.29, 1.82) is 0 Å². The number of carbonyl (C=O) groups is 1. The molecular weight excluding hydrogens is 330 g/mol. The first-order chi connectivity index (χ1) is 11.5. The number of halogens is 1. The third-order valence-corrected chi connectivity index (χ3v) is 4.79. The van der Waals surface area contributed by atoms with E-state index < -0.39 is 11.6 Å². The Labute approximate surface area is 145 Å². The van der Waals surface area contributed by atoms with Crippen molar-refractivity contribution >= 4 is 35.2 Å². The van der Waals surface area contributed by atoms with Gasteiger partial charge in [0.25, 0.3) is 0 Å². The van der Waals surface area contributed by atoms with Crippen LogP contribution >= 0.6 is 11.6 Å². The lowest BCUT2D eigenvalue weighted by Crippen LogP contribution is -2.58. The van der Waals surface area contributed by atoms with E-state index in [1.807, 2.05) is 4.90 Å². The molecular formula is C16H20ClN5O2. The summed E-state index contributed by atoms with van der Waals surface area (Å²) in [4.78, 5) is 22.5. The Kier molecular flexibility index (Phi) is 4.36. The van der Waals surface area contributed by atoms with Crippen LogP contribution in [0, 0.1) is 0 Å². The van der Waals surface area contributed by atoms with E-state index >= 15 is 0 Å². The van der Waals surface area contributed by atoms with E-state index in [4.69, 9.17) is 27.8 Å². The molecule has 0 radical (unpaired) electrons. The molecule has 7 nitrogen and oxygen atoms in total. The summed E-state index contributed by atoms with van der Waals surface area (Å²) in [5.41, 5.74) is 12.4. The predicted octanol–water partition coefficient (Wildman–Crippen LogP) is 2.24. The van der Waals surface area contributed by atoms with E-state index in [0.29, 0.717) is 10.7 Å². The quantitative estimate of drug-likeness (QED) is 0.796. The Morgan fingerprint density at radius 2 is 2.00 bits per heavy atom. The Morgan fingerprint density at radius 3 is 2.67 bits per heavy atom. The number of hydrogen-bond acceptors (Lipinski definition) is 7. The van der Waals surface area contributed by atoms with Gasteiger partial charge in [-0.3, -0.25) is 4.90 Å². The van der Waals surface area contributed by atoms with E-state index in [1.54, 1.807) is 18.2 Å². The molecule has 24 heavy (non-hydrogen) atoms. The van der Waals surface area contributed by atoms with Gasteiger partial charge in [0.2, 0.25) is 11.9 Å². The molecule has 0 atom stereocenters. The summed E-state index contributed by atoms with van der Waals surface area (Å²) in [5, 5.41) is 0.318. The fourth-order valence-corrected chi connectivity index (χ4v) is 3.61. The summed E-state index contributed by atoms with van der Waals surface area (Å²) in [6, 6.07) is 5.10. The van der Waals surface area contributed by atoms with Crippen LogP contribution in [0.2, 0.25) is 5.02 Å². The van der Waals surface area contributed by atoms with Crippen LogP contribution in [0.5, 0.6) is 0 Å². The standard InChI is InChI=1S/C16H20ClN5O2/c1-24-13(23)11-9-10(5-6-12(11)17)22-15(19)20-14(18)21-16(22)7-3-2-4-8-16/h5-6,9H,2-4,7-8H2,1H3,(H4,18,19,20,21). The highest BCUT2D eigenvalue weighted by Crippen LogP contribution is 2.40. The molecule has 0 amide bonds. The van der Waals surface area contributed by atoms with Crippen molar-refractivity contribution in [2.75, 3.05) is 12.0 Å². The second-order valence-electron chi connectivity index (χ2n) is 5.97. The molecule has 3 rings (SSSR count). The van der Waals surface area contributed by atoms with E-state index in [2.05, 4.69) is 9.98 Å². The molecule has 1 aromatic rings. The second-order valence-corrected chi connectivity index (χ2v) is 6.38. The Morgan fingerprint density at radius 1 is 1.29 bits per heavy atom. The van der Waals surface area contributed by atoms with E-state index in [1.165, 1.54) is 7.11 Å². The van der Waals surface area contributed by atoms with Gasteiger partial charge in [0.05, 0.1) is 17.7 Å². The maximum Gasteiger partial charge on any atom is 0.339 e. The van der Waals surface area contributed by atoms with Crippen LogP contribution in [-0.2, 0) is 4.74 Å². The summed E-state index contributed by atoms with van der Waals surface area (Å²) in [5.74, 6) is -0.0505. The van der Waals surface area contributed by atoms with Crippen LogP contribution in [0.15, 0.2) is 28.2 Å². The van der Waals surface area contributed by atoms with Gasteiger partial charge in [-0.15, -0.1) is 0 Å². The summed E-state index contributed by atoms with van der Waals surface area (Å²) < 4.78 is 4.79. The molecule has 1 spiro atoms. The largest absolute Gasteiger partial charge is 0.465 e. The van der Waals surface area contributed by atoms with Gasteiger partial charge in [-0.25, -0.2) is 9.79 Å². The minimum absolute atomic E-state index is 0.188. The molecule has 1 heterocycles. The number of carbonyl (C=O) groups excluding carboxylic acids is 1. The first kappa shape index (κ1) is 16.6. The number of nitrogens with zero attached hydrogens (tertiary/aromatic N) is 3. The maximum absolute atomic E-state index is 11.9. The van der Waals surface area contributed by atoms with E-state index in [9.17, 15) is 4.79 Å². The van der Waals surface area contributed by atoms with Crippen molar-refractivity contribution in [2.24, 2.45) is 21.5 Å². The number of benzene rings is 1. The fraction of sp³-hybridized carbons (Fsp3) is 0.438. The summed E-state index contributed by atoms with van der Waals surface area (Å²) >= 11 is 6.12. The Hall–Kier alpha value is -2.28. The average molecular weight is 350 g/mol. The molecule has 0 saturated heterocycles. The van der Waals surface area contributed by atoms with Crippen LogP contribution in [0.3, 0.4) is 0 Å². The molecule has 1 aliphatic carbocycles. The number of esters is 1. The highest BCUT2D eigenvalue weighted by molar-refractivity contribution is 6.33. The smallest absolute Gasteiger partial charge is 0.339 e. The minimum Gasteiger partial charge on any atom is -0.465 e. The molecule has 4 N–H and O–H groups in total. The van der Waals surface area contributed by atoms with Crippen LogP contribution in [-0.4, -0.2) is 30.7 Å². The third-order valence-electron chi connectivity index (χ3n) is 4.46. The maximum atomic E-state index is 11.9. The molecule has 128 valence electrons. The topological polar surface area (TPSA) is 106 Å². The Balaban J connectivity index is 2.09. The van der Waals surface area contributed by atoms with Crippen LogP contribution in [0.1, 0.15) is 42.5 Å². The number of methoxy groups -OCH3 is 1. The summed E-state index contributed by atoms with van der Waals surface area (Å²) in [7, 11) is 1.32. The molecule has 1 aromatic carbocycles. The number of anilines is 1. The summed E-state index contributed by atoms with van der Waals surface area (Å²) in [6.45, 7) is 0. The SMILES string of the molecule is COC(=O)c1cc(N2C(N)=NC(N)=NC23CCCCC3)ccc1Cl. The van der Waals surface area contributed by atoms with Gasteiger partial charge in [0, 0.05) is 5.69 Å².